The molecule has 0 spiro atoms. The van der Waals surface area contributed by atoms with Gasteiger partial charge in [0.05, 0.1) is 12.2 Å². The Balaban J connectivity index is 2.26. The first-order valence-corrected chi connectivity index (χ1v) is 7.06. The number of nitrogens with two attached hydrogens (primary N) is 1. The summed E-state index contributed by atoms with van der Waals surface area (Å²) in [5.41, 5.74) is 5.19. The number of hydrogen-bond donors (Lipinski definition) is 2. The van der Waals surface area contributed by atoms with Crippen LogP contribution >= 0.6 is 0 Å². The average Bonchev–Trinajstić information content (AvgIpc) is 2.36. The molecule has 1 saturated heterocycles. The van der Waals surface area contributed by atoms with Crippen LogP contribution in [-0.2, 0) is 4.74 Å². The monoisotopic (exact) mass is 241 g/mol. The third-order valence-corrected chi connectivity index (χ3v) is 5.46. The zero-order valence-corrected chi connectivity index (χ0v) is 11.2. The summed E-state index contributed by atoms with van der Waals surface area (Å²) in [6, 6.07) is 0. The molecule has 2 fully saturated rings. The molecule has 1 aliphatic heterocycles. The predicted molar refractivity (Wildman–Crippen MR) is 68.7 cm³/mol. The van der Waals surface area contributed by atoms with Crippen LogP contribution in [0.2, 0.25) is 0 Å². The van der Waals surface area contributed by atoms with Crippen LogP contribution in [0.3, 0.4) is 0 Å². The molecule has 2 rings (SSSR count). The Bertz CT molecular complexity index is 263. The molecule has 0 amide bonds. The summed E-state index contributed by atoms with van der Waals surface area (Å²) in [5.74, 6) is 0.903. The van der Waals surface area contributed by atoms with Gasteiger partial charge in [-0.25, -0.2) is 0 Å². The SMILES string of the molecule is CC1CCCC(O)(C2(CN)CCCOC2)C1C. The molecule has 0 aromatic rings. The molecule has 3 nitrogen and oxygen atoms in total. The Labute approximate surface area is 105 Å². The number of ether oxygens (including phenoxy) is 1. The minimum atomic E-state index is -0.625. The van der Waals surface area contributed by atoms with Gasteiger partial charge in [0.1, 0.15) is 0 Å². The summed E-state index contributed by atoms with van der Waals surface area (Å²) in [4.78, 5) is 0. The highest BCUT2D eigenvalue weighted by Crippen LogP contribution is 2.51. The van der Waals surface area contributed by atoms with Gasteiger partial charge in [-0.15, -0.1) is 0 Å². The molecular formula is C14H27NO2. The molecule has 4 unspecified atom stereocenters. The van der Waals surface area contributed by atoms with Crippen molar-refractivity contribution in [2.45, 2.75) is 51.6 Å². The summed E-state index contributed by atoms with van der Waals surface area (Å²) < 4.78 is 5.64. The lowest BCUT2D eigenvalue weighted by Crippen LogP contribution is -2.62. The van der Waals surface area contributed by atoms with Gasteiger partial charge in [-0.2, -0.15) is 0 Å². The largest absolute Gasteiger partial charge is 0.389 e. The van der Waals surface area contributed by atoms with Crippen molar-refractivity contribution in [1.82, 2.24) is 0 Å². The second-order valence-electron chi connectivity index (χ2n) is 6.22. The molecular weight excluding hydrogens is 214 g/mol. The van der Waals surface area contributed by atoms with Gasteiger partial charge < -0.3 is 15.6 Å². The molecule has 2 aliphatic rings. The first-order valence-electron chi connectivity index (χ1n) is 7.06. The van der Waals surface area contributed by atoms with Gasteiger partial charge in [0.25, 0.3) is 0 Å². The quantitative estimate of drug-likeness (QED) is 0.776. The minimum Gasteiger partial charge on any atom is -0.389 e. The molecule has 17 heavy (non-hydrogen) atoms. The van der Waals surface area contributed by atoms with E-state index < -0.39 is 5.60 Å². The molecule has 3 N–H and O–H groups in total. The van der Waals surface area contributed by atoms with E-state index in [-0.39, 0.29) is 5.41 Å². The molecule has 0 aromatic heterocycles. The third-order valence-electron chi connectivity index (χ3n) is 5.46. The van der Waals surface area contributed by atoms with Crippen LogP contribution < -0.4 is 5.73 Å². The Morgan fingerprint density at radius 3 is 2.65 bits per heavy atom. The van der Waals surface area contributed by atoms with E-state index in [9.17, 15) is 5.11 Å². The molecule has 0 bridgehead atoms. The normalized spacial score (nSPS) is 48.0. The van der Waals surface area contributed by atoms with Crippen LogP contribution in [0.5, 0.6) is 0 Å². The van der Waals surface area contributed by atoms with Gasteiger partial charge in [0.2, 0.25) is 0 Å². The van der Waals surface area contributed by atoms with Crippen LogP contribution in [-0.4, -0.2) is 30.5 Å². The van der Waals surface area contributed by atoms with Crippen LogP contribution in [0.4, 0.5) is 0 Å². The number of hydrogen-bond acceptors (Lipinski definition) is 3. The molecule has 3 heteroatoms. The fourth-order valence-electron chi connectivity index (χ4n) is 3.92. The first-order chi connectivity index (χ1) is 8.06. The lowest BCUT2D eigenvalue weighted by molar-refractivity contribution is -0.192. The maximum absolute atomic E-state index is 11.2. The van der Waals surface area contributed by atoms with E-state index >= 15 is 0 Å². The van der Waals surface area contributed by atoms with E-state index in [1.807, 2.05) is 0 Å². The zero-order chi connectivity index (χ0) is 12.5. The lowest BCUT2D eigenvalue weighted by atomic mass is 9.56. The molecule has 0 radical (unpaired) electrons. The summed E-state index contributed by atoms with van der Waals surface area (Å²) >= 11 is 0. The number of rotatable bonds is 2. The van der Waals surface area contributed by atoms with E-state index in [1.54, 1.807) is 0 Å². The van der Waals surface area contributed by atoms with Crippen LogP contribution in [0.25, 0.3) is 0 Å². The summed E-state index contributed by atoms with van der Waals surface area (Å²) in [6.07, 6.45) is 5.27. The van der Waals surface area contributed by atoms with Crippen molar-refractivity contribution >= 4 is 0 Å². The van der Waals surface area contributed by atoms with Crippen LogP contribution in [0.15, 0.2) is 0 Å². The Hall–Kier alpha value is -0.120. The Morgan fingerprint density at radius 2 is 2.06 bits per heavy atom. The van der Waals surface area contributed by atoms with Gasteiger partial charge in [-0.05, 0) is 31.1 Å². The first kappa shape index (κ1) is 13.3. The van der Waals surface area contributed by atoms with Gasteiger partial charge in [0.15, 0.2) is 0 Å². The zero-order valence-electron chi connectivity index (χ0n) is 11.2. The highest BCUT2D eigenvalue weighted by Gasteiger charge is 2.55. The topological polar surface area (TPSA) is 55.5 Å². The highest BCUT2D eigenvalue weighted by atomic mass is 16.5. The Kier molecular flexibility index (Phi) is 3.81. The minimum absolute atomic E-state index is 0.209. The molecule has 1 heterocycles. The van der Waals surface area contributed by atoms with E-state index in [2.05, 4.69) is 13.8 Å². The second kappa shape index (κ2) is 4.87. The summed E-state index contributed by atoms with van der Waals surface area (Å²) in [6.45, 7) is 6.44. The van der Waals surface area contributed by atoms with Crippen molar-refractivity contribution < 1.29 is 9.84 Å². The molecule has 0 aromatic carbocycles. The van der Waals surface area contributed by atoms with Crippen molar-refractivity contribution in [1.29, 1.82) is 0 Å². The van der Waals surface area contributed by atoms with E-state index in [0.29, 0.717) is 25.0 Å². The van der Waals surface area contributed by atoms with Crippen molar-refractivity contribution in [3.05, 3.63) is 0 Å². The predicted octanol–water partition coefficient (Wildman–Crippen LogP) is 1.93. The van der Waals surface area contributed by atoms with E-state index in [4.69, 9.17) is 10.5 Å². The average molecular weight is 241 g/mol. The third kappa shape index (κ3) is 2.02. The maximum Gasteiger partial charge on any atom is 0.0765 e. The van der Waals surface area contributed by atoms with E-state index in [1.165, 1.54) is 6.42 Å². The fraction of sp³-hybridized carbons (Fsp3) is 1.00. The molecule has 1 aliphatic carbocycles. The van der Waals surface area contributed by atoms with E-state index in [0.717, 1.165) is 32.3 Å². The highest BCUT2D eigenvalue weighted by molar-refractivity contribution is 5.06. The summed E-state index contributed by atoms with van der Waals surface area (Å²) in [7, 11) is 0. The van der Waals surface area contributed by atoms with Gasteiger partial charge >= 0.3 is 0 Å². The lowest BCUT2D eigenvalue weighted by Gasteiger charge is -2.55. The number of aliphatic hydroxyl groups is 1. The summed E-state index contributed by atoms with van der Waals surface area (Å²) in [5, 5.41) is 11.2. The Morgan fingerprint density at radius 1 is 1.29 bits per heavy atom. The molecule has 100 valence electrons. The van der Waals surface area contributed by atoms with Gasteiger partial charge in [-0.1, -0.05) is 26.7 Å². The van der Waals surface area contributed by atoms with Crippen molar-refractivity contribution in [2.75, 3.05) is 19.8 Å². The van der Waals surface area contributed by atoms with Crippen LogP contribution in [0.1, 0.15) is 46.0 Å². The maximum atomic E-state index is 11.2. The van der Waals surface area contributed by atoms with Crippen molar-refractivity contribution in [2.24, 2.45) is 23.0 Å². The van der Waals surface area contributed by atoms with Crippen molar-refractivity contribution in [3.63, 3.8) is 0 Å². The standard InChI is InChI=1S/C14H27NO2/c1-11-5-3-7-14(16,12(11)2)13(9-15)6-4-8-17-10-13/h11-12,16H,3-10,15H2,1-2H3. The smallest absolute Gasteiger partial charge is 0.0765 e. The molecule has 4 atom stereocenters. The van der Waals surface area contributed by atoms with Gasteiger partial charge in [-0.3, -0.25) is 0 Å². The second-order valence-corrected chi connectivity index (χ2v) is 6.22. The van der Waals surface area contributed by atoms with Gasteiger partial charge in [0, 0.05) is 18.6 Å². The fourth-order valence-corrected chi connectivity index (χ4v) is 3.92. The molecule has 1 saturated carbocycles. The van der Waals surface area contributed by atoms with Crippen LogP contribution in [0, 0.1) is 17.3 Å². The van der Waals surface area contributed by atoms with Crippen molar-refractivity contribution in [3.8, 4) is 0 Å².